The molecule has 153 valence electrons. The molecule has 0 aliphatic rings. The van der Waals surface area contributed by atoms with Crippen LogP contribution in [0.4, 0.5) is 0 Å². The molecule has 0 bridgehead atoms. The normalized spacial score (nSPS) is 9.03. The maximum atomic E-state index is 4.19. The molecule has 5 rings (SSSR count). The molecule has 1 radical (unpaired) electrons. The minimum Gasteiger partial charge on any atom is -0.265 e. The fourth-order valence-corrected chi connectivity index (χ4v) is 2.37. The average Bonchev–Trinajstić information content (AvgIpc) is 2.88. The monoisotopic (exact) mass is 544 g/mol. The first-order valence-electron chi connectivity index (χ1n) is 9.43. The Morgan fingerprint density at radius 3 is 0.774 bits per heavy atom. The number of rotatable bonds is 2. The standard InChI is InChI=1S/2C10H8N2.C5H5N.Eu/c2*1-3-7-11-9(5-1)10-6-2-4-8-12-10;1-2-4-6-5-3-1;/h2*1-8H;1-5H;. The van der Waals surface area contributed by atoms with Crippen LogP contribution in [-0.4, -0.2) is 24.9 Å². The second-order valence-electron chi connectivity index (χ2n) is 5.88. The van der Waals surface area contributed by atoms with Crippen LogP contribution in [0.3, 0.4) is 0 Å². The number of hydrogen-bond acceptors (Lipinski definition) is 5. The SMILES string of the molecule is [Eu].c1ccc(-c2ccccn2)nc1.c1ccc(-c2ccccn2)nc1.c1ccncc1. The summed E-state index contributed by atoms with van der Waals surface area (Å²) in [5.74, 6) is 0. The van der Waals surface area contributed by atoms with Gasteiger partial charge < -0.3 is 0 Å². The van der Waals surface area contributed by atoms with Crippen LogP contribution in [0.2, 0.25) is 0 Å². The summed E-state index contributed by atoms with van der Waals surface area (Å²) in [4.78, 5) is 20.5. The molecular formula is C25H21EuN5. The second-order valence-corrected chi connectivity index (χ2v) is 5.88. The van der Waals surface area contributed by atoms with Gasteiger partial charge in [-0.15, -0.1) is 0 Å². The Balaban J connectivity index is 0.000000172. The van der Waals surface area contributed by atoms with Gasteiger partial charge in [0, 0.05) is 86.6 Å². The number of nitrogens with zero attached hydrogens (tertiary/aromatic N) is 5. The predicted octanol–water partition coefficient (Wildman–Crippen LogP) is 5.37. The minimum absolute atomic E-state index is 0. The summed E-state index contributed by atoms with van der Waals surface area (Å²) in [5, 5.41) is 0. The van der Waals surface area contributed by atoms with E-state index in [1.807, 2.05) is 91.0 Å². The van der Waals surface area contributed by atoms with E-state index in [-0.39, 0.29) is 49.4 Å². The van der Waals surface area contributed by atoms with E-state index in [1.54, 1.807) is 37.2 Å². The first-order chi connectivity index (χ1) is 14.9. The van der Waals surface area contributed by atoms with Crippen LogP contribution in [0.25, 0.3) is 22.8 Å². The van der Waals surface area contributed by atoms with Gasteiger partial charge in [0.05, 0.1) is 22.8 Å². The van der Waals surface area contributed by atoms with Crippen LogP contribution in [0.5, 0.6) is 0 Å². The topological polar surface area (TPSA) is 64.5 Å². The minimum atomic E-state index is 0. The number of hydrogen-bond donors (Lipinski definition) is 0. The van der Waals surface area contributed by atoms with Crippen molar-refractivity contribution in [2.24, 2.45) is 0 Å². The average molecular weight is 543 g/mol. The maximum Gasteiger partial charge on any atom is 0.0886 e. The molecule has 0 saturated heterocycles. The van der Waals surface area contributed by atoms with Crippen LogP contribution in [0.1, 0.15) is 0 Å². The van der Waals surface area contributed by atoms with Gasteiger partial charge in [0.1, 0.15) is 0 Å². The molecule has 0 aliphatic carbocycles. The summed E-state index contributed by atoms with van der Waals surface area (Å²) in [7, 11) is 0. The third-order valence-electron chi connectivity index (χ3n) is 3.75. The van der Waals surface area contributed by atoms with Gasteiger partial charge in [0.15, 0.2) is 0 Å². The molecule has 5 aromatic heterocycles. The summed E-state index contributed by atoms with van der Waals surface area (Å²) < 4.78 is 0. The predicted molar refractivity (Wildman–Crippen MR) is 119 cm³/mol. The van der Waals surface area contributed by atoms with Gasteiger partial charge in [0.25, 0.3) is 0 Å². The van der Waals surface area contributed by atoms with Gasteiger partial charge in [0.2, 0.25) is 0 Å². The van der Waals surface area contributed by atoms with E-state index in [9.17, 15) is 0 Å². The Bertz CT molecular complexity index is 889. The summed E-state index contributed by atoms with van der Waals surface area (Å²) in [6, 6.07) is 28.9. The van der Waals surface area contributed by atoms with Crippen LogP contribution in [0, 0.1) is 49.4 Å². The van der Waals surface area contributed by atoms with Crippen molar-refractivity contribution in [3.8, 4) is 22.8 Å². The third kappa shape index (κ3) is 9.34. The van der Waals surface area contributed by atoms with E-state index in [0.717, 1.165) is 22.8 Å². The second kappa shape index (κ2) is 15.2. The van der Waals surface area contributed by atoms with Crippen molar-refractivity contribution in [3.05, 3.63) is 128 Å². The summed E-state index contributed by atoms with van der Waals surface area (Å²) in [6.45, 7) is 0. The molecule has 0 saturated carbocycles. The zero-order valence-electron chi connectivity index (χ0n) is 16.7. The molecule has 6 heteroatoms. The zero-order chi connectivity index (χ0) is 20.7. The quantitative estimate of drug-likeness (QED) is 0.300. The number of pyridine rings is 5. The summed E-state index contributed by atoms with van der Waals surface area (Å²) in [5.41, 5.74) is 3.66. The van der Waals surface area contributed by atoms with Gasteiger partial charge >= 0.3 is 0 Å². The fourth-order valence-electron chi connectivity index (χ4n) is 2.37. The molecule has 0 spiro atoms. The van der Waals surface area contributed by atoms with Crippen molar-refractivity contribution in [1.82, 2.24) is 24.9 Å². The summed E-state index contributed by atoms with van der Waals surface area (Å²) >= 11 is 0. The Morgan fingerprint density at radius 1 is 0.323 bits per heavy atom. The zero-order valence-corrected chi connectivity index (χ0v) is 19.2. The first kappa shape index (κ1) is 24.6. The van der Waals surface area contributed by atoms with Crippen molar-refractivity contribution in [2.45, 2.75) is 0 Å². The Kier molecular flexibility index (Phi) is 12.0. The summed E-state index contributed by atoms with van der Waals surface area (Å²) in [6.07, 6.45) is 10.6. The molecule has 5 nitrogen and oxygen atoms in total. The van der Waals surface area contributed by atoms with Gasteiger partial charge in [-0.25, -0.2) is 0 Å². The van der Waals surface area contributed by atoms with Gasteiger partial charge in [-0.05, 0) is 60.7 Å². The molecule has 5 aromatic rings. The smallest absolute Gasteiger partial charge is 0.0886 e. The Morgan fingerprint density at radius 2 is 0.613 bits per heavy atom. The molecule has 0 unspecified atom stereocenters. The molecule has 0 aliphatic heterocycles. The maximum absolute atomic E-state index is 4.19. The third-order valence-corrected chi connectivity index (χ3v) is 3.75. The van der Waals surface area contributed by atoms with E-state index in [4.69, 9.17) is 0 Å². The number of aromatic nitrogens is 5. The van der Waals surface area contributed by atoms with Crippen LogP contribution in [0.15, 0.2) is 128 Å². The van der Waals surface area contributed by atoms with E-state index >= 15 is 0 Å². The first-order valence-corrected chi connectivity index (χ1v) is 9.43. The Labute approximate surface area is 223 Å². The van der Waals surface area contributed by atoms with Crippen molar-refractivity contribution in [3.63, 3.8) is 0 Å². The van der Waals surface area contributed by atoms with E-state index in [0.29, 0.717) is 0 Å². The van der Waals surface area contributed by atoms with Gasteiger partial charge in [-0.3, -0.25) is 24.9 Å². The van der Waals surface area contributed by atoms with Crippen molar-refractivity contribution in [1.29, 1.82) is 0 Å². The van der Waals surface area contributed by atoms with Crippen molar-refractivity contribution in [2.75, 3.05) is 0 Å². The molecule has 0 amide bonds. The van der Waals surface area contributed by atoms with Crippen molar-refractivity contribution >= 4 is 0 Å². The van der Waals surface area contributed by atoms with Crippen LogP contribution < -0.4 is 0 Å². The van der Waals surface area contributed by atoms with Crippen LogP contribution in [-0.2, 0) is 0 Å². The fraction of sp³-hybridized carbons (Fsp3) is 0. The van der Waals surface area contributed by atoms with E-state index in [2.05, 4.69) is 24.9 Å². The van der Waals surface area contributed by atoms with E-state index in [1.165, 1.54) is 0 Å². The Hall–Kier alpha value is -2.67. The van der Waals surface area contributed by atoms with Gasteiger partial charge in [-0.1, -0.05) is 30.3 Å². The van der Waals surface area contributed by atoms with Crippen molar-refractivity contribution < 1.29 is 49.4 Å². The molecule has 0 fully saturated rings. The van der Waals surface area contributed by atoms with E-state index < -0.39 is 0 Å². The molecule has 0 atom stereocenters. The molecule has 0 aromatic carbocycles. The van der Waals surface area contributed by atoms with Crippen LogP contribution >= 0.6 is 0 Å². The van der Waals surface area contributed by atoms with Gasteiger partial charge in [-0.2, -0.15) is 0 Å². The molecular weight excluding hydrogens is 522 g/mol. The largest absolute Gasteiger partial charge is 0.265 e. The molecule has 31 heavy (non-hydrogen) atoms. The molecule has 5 heterocycles. The molecule has 0 N–H and O–H groups in total.